The molecule has 3 unspecified atom stereocenters. The molecule has 3 atom stereocenters. The third-order valence-electron chi connectivity index (χ3n) is 11.9. The average molecular weight is 1080 g/mol. The predicted molar refractivity (Wildman–Crippen MR) is 316 cm³/mol. The molecular formula is C64H105O11P. The first-order valence-corrected chi connectivity index (χ1v) is 30.9. The first-order valence-electron chi connectivity index (χ1n) is 29.4. The van der Waals surface area contributed by atoms with Gasteiger partial charge >= 0.3 is 25.7 Å². The van der Waals surface area contributed by atoms with Gasteiger partial charge < -0.3 is 24.2 Å². The van der Waals surface area contributed by atoms with Crippen LogP contribution in [0.2, 0.25) is 0 Å². The number of phosphoric ester groups is 1. The zero-order chi connectivity index (χ0) is 55.5. The Bertz CT molecular complexity index is 1740. The van der Waals surface area contributed by atoms with E-state index < -0.39 is 57.8 Å². The minimum Gasteiger partial charge on any atom is -0.462 e. The fourth-order valence-electron chi connectivity index (χ4n) is 7.45. The molecule has 432 valence electrons. The van der Waals surface area contributed by atoms with Crippen LogP contribution in [0.5, 0.6) is 0 Å². The Balaban J connectivity index is 4.79. The van der Waals surface area contributed by atoms with Crippen molar-refractivity contribution in [2.24, 2.45) is 0 Å². The van der Waals surface area contributed by atoms with Gasteiger partial charge in [-0.3, -0.25) is 23.4 Å². The lowest BCUT2D eigenvalue weighted by molar-refractivity contribution is -0.161. The van der Waals surface area contributed by atoms with Crippen LogP contribution in [0.3, 0.4) is 0 Å². The standard InChI is InChI=1S/C64H105O11P/c1-4-7-10-13-16-19-22-25-27-29-30-32-34-37-40-43-46-49-52-55-64(68)75-61(57-71-62(66)53-50-47-44-41-38-35-24-21-18-15-12-9-6-3)59-73-76(69,70)72-58-60(56-65)74-63(67)54-51-48-45-42-39-36-33-31-28-26-23-20-17-14-11-8-5-2/h8-9,11-12,16-21,25-28,30,32,35,38,44,47,60-61,65H,4-7,10,13-15,22-24,29,31,33-34,36-37,39-43,45-46,48-59H2,1-3H3,(H,69,70)/b11-8-,12-9-,19-16-,20-17-,21-18-,27-25-,28-26-,32-30-,38-35-,47-44-. The molecule has 0 aliphatic carbocycles. The monoisotopic (exact) mass is 1080 g/mol. The molecule has 76 heavy (non-hydrogen) atoms. The van der Waals surface area contributed by atoms with E-state index in [1.807, 2.05) is 12.2 Å². The summed E-state index contributed by atoms with van der Waals surface area (Å²) in [5, 5.41) is 9.83. The molecule has 0 amide bonds. The SMILES string of the molecule is CC/C=C\C/C=C\C/C=C\C/C=C\CCC(=O)OCC(COP(=O)(O)OCC(CO)OC(=O)CCCCCCCCC/C=C\C/C=C\C/C=C\CC)OC(=O)CCCCCCCC/C=C\C/C=C\C/C=C\CCCCC. The molecule has 0 aromatic carbocycles. The van der Waals surface area contributed by atoms with Crippen molar-refractivity contribution >= 4 is 25.7 Å². The Labute approximate surface area is 462 Å². The summed E-state index contributed by atoms with van der Waals surface area (Å²) in [6.07, 6.45) is 70.3. The number of hydrogen-bond acceptors (Lipinski definition) is 10. The number of esters is 3. The third kappa shape index (κ3) is 54.7. The molecule has 0 aliphatic rings. The van der Waals surface area contributed by atoms with E-state index in [0.29, 0.717) is 19.3 Å². The van der Waals surface area contributed by atoms with Gasteiger partial charge in [0.15, 0.2) is 6.10 Å². The molecule has 0 fully saturated rings. The number of hydrogen-bond donors (Lipinski definition) is 2. The van der Waals surface area contributed by atoms with Gasteiger partial charge in [0.1, 0.15) is 12.7 Å². The number of carbonyl (C=O) groups is 3. The molecule has 0 heterocycles. The van der Waals surface area contributed by atoms with Crippen LogP contribution in [0.1, 0.15) is 226 Å². The molecule has 0 aromatic rings. The van der Waals surface area contributed by atoms with E-state index in [4.69, 9.17) is 23.3 Å². The van der Waals surface area contributed by atoms with E-state index in [1.54, 1.807) is 0 Å². The third-order valence-corrected chi connectivity index (χ3v) is 12.8. The summed E-state index contributed by atoms with van der Waals surface area (Å²) in [4.78, 5) is 48.5. The molecule has 0 radical (unpaired) electrons. The van der Waals surface area contributed by atoms with Gasteiger partial charge in [0.25, 0.3) is 0 Å². The highest BCUT2D eigenvalue weighted by atomic mass is 31.2. The predicted octanol–water partition coefficient (Wildman–Crippen LogP) is 17.6. The van der Waals surface area contributed by atoms with Crippen molar-refractivity contribution in [3.05, 3.63) is 122 Å². The topological polar surface area (TPSA) is 155 Å². The highest BCUT2D eigenvalue weighted by Crippen LogP contribution is 2.43. The fraction of sp³-hybridized carbons (Fsp3) is 0.641. The number of rotatable bonds is 53. The van der Waals surface area contributed by atoms with E-state index in [0.717, 1.165) is 135 Å². The van der Waals surface area contributed by atoms with Crippen LogP contribution in [-0.4, -0.2) is 66.5 Å². The van der Waals surface area contributed by atoms with Crippen molar-refractivity contribution in [1.82, 2.24) is 0 Å². The summed E-state index contributed by atoms with van der Waals surface area (Å²) in [5.74, 6) is -1.60. The van der Waals surface area contributed by atoms with Crippen LogP contribution >= 0.6 is 7.82 Å². The maximum absolute atomic E-state index is 12.9. The molecule has 0 rings (SSSR count). The summed E-state index contributed by atoms with van der Waals surface area (Å²) in [7, 11) is -4.78. The lowest BCUT2D eigenvalue weighted by atomic mass is 10.1. The smallest absolute Gasteiger partial charge is 0.462 e. The van der Waals surface area contributed by atoms with Crippen molar-refractivity contribution in [2.75, 3.05) is 26.4 Å². The van der Waals surface area contributed by atoms with Gasteiger partial charge in [-0.15, -0.1) is 0 Å². The Morgan fingerprint density at radius 2 is 0.711 bits per heavy atom. The molecule has 0 saturated carbocycles. The van der Waals surface area contributed by atoms with Gasteiger partial charge in [-0.25, -0.2) is 4.57 Å². The lowest BCUT2D eigenvalue weighted by Gasteiger charge is -2.21. The second kappa shape index (κ2) is 57.1. The molecule has 11 nitrogen and oxygen atoms in total. The number of allylic oxidation sites excluding steroid dienone is 20. The lowest BCUT2D eigenvalue weighted by Crippen LogP contribution is -2.30. The maximum atomic E-state index is 12.9. The number of aliphatic hydroxyl groups excluding tert-OH is 1. The Hall–Kier alpha value is -4.12. The number of aliphatic hydroxyl groups is 1. The summed E-state index contributed by atoms with van der Waals surface area (Å²) < 4.78 is 39.4. The van der Waals surface area contributed by atoms with Crippen molar-refractivity contribution < 1.29 is 52.2 Å². The number of ether oxygens (including phenoxy) is 3. The number of carbonyl (C=O) groups excluding carboxylic acids is 3. The quantitative estimate of drug-likeness (QED) is 0.0197. The highest BCUT2D eigenvalue weighted by Gasteiger charge is 2.28. The van der Waals surface area contributed by atoms with E-state index in [2.05, 4.69) is 130 Å². The van der Waals surface area contributed by atoms with Crippen LogP contribution in [0.4, 0.5) is 0 Å². The van der Waals surface area contributed by atoms with Gasteiger partial charge in [-0.05, 0) is 116 Å². The van der Waals surface area contributed by atoms with Gasteiger partial charge in [-0.2, -0.15) is 0 Å². The number of unbranched alkanes of at least 4 members (excludes halogenated alkanes) is 16. The second-order valence-electron chi connectivity index (χ2n) is 19.0. The summed E-state index contributed by atoms with van der Waals surface area (Å²) in [5.41, 5.74) is 0. The molecule has 0 bridgehead atoms. The minimum absolute atomic E-state index is 0.0959. The van der Waals surface area contributed by atoms with Crippen molar-refractivity contribution in [1.29, 1.82) is 0 Å². The van der Waals surface area contributed by atoms with Crippen LogP contribution in [0.25, 0.3) is 0 Å². The zero-order valence-electron chi connectivity index (χ0n) is 47.7. The summed E-state index contributed by atoms with van der Waals surface area (Å²) in [6.45, 7) is 4.27. The Morgan fingerprint density at radius 3 is 1.11 bits per heavy atom. The van der Waals surface area contributed by atoms with Gasteiger partial charge in [0.05, 0.1) is 19.8 Å². The summed E-state index contributed by atoms with van der Waals surface area (Å²) in [6, 6.07) is 0. The Morgan fingerprint density at radius 1 is 0.382 bits per heavy atom. The van der Waals surface area contributed by atoms with Crippen molar-refractivity contribution in [3.63, 3.8) is 0 Å². The van der Waals surface area contributed by atoms with Crippen LogP contribution < -0.4 is 0 Å². The maximum Gasteiger partial charge on any atom is 0.472 e. The Kier molecular flexibility index (Phi) is 54.0. The van der Waals surface area contributed by atoms with Gasteiger partial charge in [0.2, 0.25) is 0 Å². The fourth-order valence-corrected chi connectivity index (χ4v) is 8.23. The molecule has 0 spiro atoms. The molecular weight excluding hydrogens is 976 g/mol. The summed E-state index contributed by atoms with van der Waals surface area (Å²) >= 11 is 0. The zero-order valence-corrected chi connectivity index (χ0v) is 48.6. The van der Waals surface area contributed by atoms with Gasteiger partial charge in [-0.1, -0.05) is 213 Å². The van der Waals surface area contributed by atoms with E-state index in [9.17, 15) is 28.9 Å². The van der Waals surface area contributed by atoms with E-state index in [-0.39, 0.29) is 25.9 Å². The first-order chi connectivity index (χ1) is 37.2. The minimum atomic E-state index is -4.78. The van der Waals surface area contributed by atoms with E-state index >= 15 is 0 Å². The largest absolute Gasteiger partial charge is 0.472 e. The molecule has 0 saturated heterocycles. The van der Waals surface area contributed by atoms with Gasteiger partial charge in [0, 0.05) is 19.3 Å². The molecule has 0 aromatic heterocycles. The molecule has 0 aliphatic heterocycles. The molecule has 12 heteroatoms. The second-order valence-corrected chi connectivity index (χ2v) is 20.5. The van der Waals surface area contributed by atoms with Crippen molar-refractivity contribution in [2.45, 2.75) is 238 Å². The first kappa shape index (κ1) is 71.9. The van der Waals surface area contributed by atoms with Crippen LogP contribution in [0, 0.1) is 0 Å². The van der Waals surface area contributed by atoms with Crippen LogP contribution in [0.15, 0.2) is 122 Å². The van der Waals surface area contributed by atoms with Crippen LogP contribution in [-0.2, 0) is 42.2 Å². The van der Waals surface area contributed by atoms with Crippen molar-refractivity contribution in [3.8, 4) is 0 Å². The van der Waals surface area contributed by atoms with E-state index in [1.165, 1.54) is 32.1 Å². The molecule has 2 N–H and O–H groups in total. The highest BCUT2D eigenvalue weighted by molar-refractivity contribution is 7.47. The normalized spacial score (nSPS) is 14.2. The average Bonchev–Trinajstić information content (AvgIpc) is 3.41. The number of phosphoric acid groups is 1.